The number of esters is 1. The van der Waals surface area contributed by atoms with Gasteiger partial charge in [0.1, 0.15) is 0 Å². The minimum atomic E-state index is -0.164. The van der Waals surface area contributed by atoms with Gasteiger partial charge in [-0.3, -0.25) is 14.5 Å². The zero-order chi connectivity index (χ0) is 19.9. The number of hydrogen-bond acceptors (Lipinski definition) is 4. The summed E-state index contributed by atoms with van der Waals surface area (Å²) in [5, 5.41) is 0. The van der Waals surface area contributed by atoms with Gasteiger partial charge in [0, 0.05) is 19.6 Å². The molecule has 2 saturated heterocycles. The Balaban J connectivity index is 1.48. The lowest BCUT2D eigenvalue weighted by atomic mass is 9.90. The van der Waals surface area contributed by atoms with Gasteiger partial charge in [-0.05, 0) is 64.0 Å². The SMILES string of the molecule is CCOC(=O)C1CCCN(C(C)C(=O)N2CCC(Cc3ccccc3)CC2)C1. The molecule has 0 saturated carbocycles. The lowest BCUT2D eigenvalue weighted by molar-refractivity contribution is -0.152. The minimum Gasteiger partial charge on any atom is -0.466 e. The molecule has 1 aromatic rings. The number of piperidine rings is 2. The molecule has 28 heavy (non-hydrogen) atoms. The van der Waals surface area contributed by atoms with Crippen LogP contribution in [0.4, 0.5) is 0 Å². The van der Waals surface area contributed by atoms with E-state index in [0.717, 1.165) is 51.7 Å². The highest BCUT2D eigenvalue weighted by Crippen LogP contribution is 2.24. The van der Waals surface area contributed by atoms with Crippen molar-refractivity contribution in [1.29, 1.82) is 0 Å². The largest absolute Gasteiger partial charge is 0.466 e. The molecule has 2 fully saturated rings. The van der Waals surface area contributed by atoms with Gasteiger partial charge in [0.05, 0.1) is 18.6 Å². The van der Waals surface area contributed by atoms with E-state index in [1.807, 2.05) is 18.7 Å². The number of carbonyl (C=O) groups excluding carboxylic acids is 2. The number of hydrogen-bond donors (Lipinski definition) is 0. The Morgan fingerprint density at radius 2 is 1.82 bits per heavy atom. The van der Waals surface area contributed by atoms with Crippen molar-refractivity contribution in [2.24, 2.45) is 11.8 Å². The van der Waals surface area contributed by atoms with Crippen LogP contribution in [0.1, 0.15) is 45.1 Å². The number of ether oxygens (including phenoxy) is 1. The van der Waals surface area contributed by atoms with Crippen molar-refractivity contribution in [3.05, 3.63) is 35.9 Å². The Kier molecular flexibility index (Phi) is 7.49. The summed E-state index contributed by atoms with van der Waals surface area (Å²) in [6, 6.07) is 10.5. The molecule has 154 valence electrons. The highest BCUT2D eigenvalue weighted by molar-refractivity contribution is 5.81. The van der Waals surface area contributed by atoms with Gasteiger partial charge in [-0.1, -0.05) is 30.3 Å². The van der Waals surface area contributed by atoms with Gasteiger partial charge in [-0.15, -0.1) is 0 Å². The van der Waals surface area contributed by atoms with Crippen molar-refractivity contribution in [2.45, 2.75) is 52.0 Å². The van der Waals surface area contributed by atoms with E-state index in [2.05, 4.69) is 35.2 Å². The Morgan fingerprint density at radius 1 is 1.11 bits per heavy atom. The summed E-state index contributed by atoms with van der Waals surface area (Å²) < 4.78 is 5.19. The standard InChI is InChI=1S/C23H34N2O3/c1-3-28-23(27)21-10-7-13-25(17-21)18(2)22(26)24-14-11-20(12-15-24)16-19-8-5-4-6-9-19/h4-6,8-9,18,20-21H,3,7,10-17H2,1-2H3. The summed E-state index contributed by atoms with van der Waals surface area (Å²) in [7, 11) is 0. The molecule has 2 atom stereocenters. The number of amides is 1. The fourth-order valence-corrected chi connectivity index (χ4v) is 4.54. The predicted octanol–water partition coefficient (Wildman–Crippen LogP) is 3.13. The van der Waals surface area contributed by atoms with Crippen LogP contribution in [-0.4, -0.2) is 60.5 Å². The maximum atomic E-state index is 13.0. The second-order valence-electron chi connectivity index (χ2n) is 8.22. The lowest BCUT2D eigenvalue weighted by Gasteiger charge is -2.39. The number of rotatable bonds is 6. The fourth-order valence-electron chi connectivity index (χ4n) is 4.54. The van der Waals surface area contributed by atoms with Crippen molar-refractivity contribution in [1.82, 2.24) is 9.80 Å². The topological polar surface area (TPSA) is 49.9 Å². The van der Waals surface area contributed by atoms with Gasteiger partial charge in [0.15, 0.2) is 0 Å². The third-order valence-corrected chi connectivity index (χ3v) is 6.27. The maximum Gasteiger partial charge on any atom is 0.310 e. The van der Waals surface area contributed by atoms with E-state index in [9.17, 15) is 9.59 Å². The third-order valence-electron chi connectivity index (χ3n) is 6.27. The molecule has 5 nitrogen and oxygen atoms in total. The van der Waals surface area contributed by atoms with Gasteiger partial charge < -0.3 is 9.64 Å². The van der Waals surface area contributed by atoms with Gasteiger partial charge in [-0.2, -0.15) is 0 Å². The van der Waals surface area contributed by atoms with Crippen molar-refractivity contribution < 1.29 is 14.3 Å². The number of likely N-dealkylation sites (tertiary alicyclic amines) is 2. The van der Waals surface area contributed by atoms with Crippen LogP contribution >= 0.6 is 0 Å². The zero-order valence-corrected chi connectivity index (χ0v) is 17.3. The summed E-state index contributed by atoms with van der Waals surface area (Å²) >= 11 is 0. The predicted molar refractivity (Wildman–Crippen MR) is 110 cm³/mol. The van der Waals surface area contributed by atoms with Gasteiger partial charge in [0.2, 0.25) is 5.91 Å². The van der Waals surface area contributed by atoms with E-state index in [-0.39, 0.29) is 23.8 Å². The van der Waals surface area contributed by atoms with Crippen LogP contribution in [-0.2, 0) is 20.7 Å². The molecule has 0 bridgehead atoms. The van der Waals surface area contributed by atoms with Crippen LogP contribution in [0.25, 0.3) is 0 Å². The van der Waals surface area contributed by atoms with E-state index >= 15 is 0 Å². The molecule has 1 aromatic carbocycles. The third kappa shape index (κ3) is 5.34. The average Bonchev–Trinajstić information content (AvgIpc) is 2.74. The van der Waals surface area contributed by atoms with Crippen molar-refractivity contribution in [2.75, 3.05) is 32.8 Å². The number of nitrogens with zero attached hydrogens (tertiary/aromatic N) is 2. The van der Waals surface area contributed by atoms with E-state index in [0.29, 0.717) is 19.1 Å². The second kappa shape index (κ2) is 10.1. The first-order chi connectivity index (χ1) is 13.6. The van der Waals surface area contributed by atoms with E-state index in [1.54, 1.807) is 0 Å². The van der Waals surface area contributed by atoms with Crippen LogP contribution in [0.3, 0.4) is 0 Å². The molecule has 2 aliphatic heterocycles. The van der Waals surface area contributed by atoms with Crippen LogP contribution in [0.5, 0.6) is 0 Å². The molecule has 3 rings (SSSR count). The lowest BCUT2D eigenvalue weighted by Crippen LogP contribution is -2.52. The summed E-state index contributed by atoms with van der Waals surface area (Å²) in [4.78, 5) is 29.3. The molecule has 0 aliphatic carbocycles. The van der Waals surface area contributed by atoms with Crippen LogP contribution < -0.4 is 0 Å². The molecule has 2 unspecified atom stereocenters. The fraction of sp³-hybridized carbons (Fsp3) is 0.652. The zero-order valence-electron chi connectivity index (χ0n) is 17.3. The van der Waals surface area contributed by atoms with Crippen molar-refractivity contribution >= 4 is 11.9 Å². The Morgan fingerprint density at radius 3 is 2.50 bits per heavy atom. The first-order valence-corrected chi connectivity index (χ1v) is 10.8. The average molecular weight is 387 g/mol. The Labute approximate surface area is 169 Å². The molecule has 2 heterocycles. The minimum absolute atomic E-state index is 0.0967. The summed E-state index contributed by atoms with van der Waals surface area (Å²) in [5.41, 5.74) is 1.39. The number of carbonyl (C=O) groups is 2. The van der Waals surface area contributed by atoms with Crippen LogP contribution in [0.15, 0.2) is 30.3 Å². The summed E-state index contributed by atoms with van der Waals surface area (Å²) in [6.45, 7) is 7.45. The molecule has 0 aromatic heterocycles. The molecule has 5 heteroatoms. The molecule has 2 aliphatic rings. The molecule has 0 spiro atoms. The van der Waals surface area contributed by atoms with Gasteiger partial charge >= 0.3 is 5.97 Å². The first-order valence-electron chi connectivity index (χ1n) is 10.8. The van der Waals surface area contributed by atoms with Gasteiger partial charge in [0.25, 0.3) is 0 Å². The van der Waals surface area contributed by atoms with Crippen LogP contribution in [0, 0.1) is 11.8 Å². The molecular formula is C23H34N2O3. The smallest absolute Gasteiger partial charge is 0.310 e. The highest BCUT2D eigenvalue weighted by atomic mass is 16.5. The summed E-state index contributed by atoms with van der Waals surface area (Å²) in [6.07, 6.45) is 5.05. The monoisotopic (exact) mass is 386 g/mol. The quantitative estimate of drug-likeness (QED) is 0.705. The van der Waals surface area contributed by atoms with E-state index in [1.165, 1.54) is 5.56 Å². The van der Waals surface area contributed by atoms with E-state index < -0.39 is 0 Å². The second-order valence-corrected chi connectivity index (χ2v) is 8.22. The van der Waals surface area contributed by atoms with Crippen molar-refractivity contribution in [3.63, 3.8) is 0 Å². The molecular weight excluding hydrogens is 352 g/mol. The maximum absolute atomic E-state index is 13.0. The van der Waals surface area contributed by atoms with E-state index in [4.69, 9.17) is 4.74 Å². The molecule has 0 radical (unpaired) electrons. The Hall–Kier alpha value is -1.88. The Bertz CT molecular complexity index is 641. The molecule has 1 amide bonds. The van der Waals surface area contributed by atoms with Crippen LogP contribution in [0.2, 0.25) is 0 Å². The first kappa shape index (κ1) is 20.8. The highest BCUT2D eigenvalue weighted by Gasteiger charge is 2.34. The molecule has 0 N–H and O–H groups in total. The number of benzene rings is 1. The summed E-state index contributed by atoms with van der Waals surface area (Å²) in [5.74, 6) is 0.654. The van der Waals surface area contributed by atoms with Gasteiger partial charge in [-0.25, -0.2) is 0 Å². The van der Waals surface area contributed by atoms with Crippen molar-refractivity contribution in [3.8, 4) is 0 Å². The normalized spacial score (nSPS) is 22.6.